The standard InChI is InChI=1S/C19H18N2O2.C10H16O4S/c22-18-14-5-1-3-13-4-2-6-15(17(13)14)19(23)21(18)16-11-20-9-7-12(16)8-10-20;1-9(2)7-3-4-10(9,8(11)5-7)6-15(12,13)14/h1-6,12,16H,7-11H2;7H,3-6H2,1-2H3,(H,12,13,14)/t16-;/m1./s1. The van der Waals surface area contributed by atoms with Crippen molar-refractivity contribution in [1.82, 2.24) is 9.80 Å². The summed E-state index contributed by atoms with van der Waals surface area (Å²) in [5, 5.41) is 1.79. The topological polar surface area (TPSA) is 112 Å². The minimum Gasteiger partial charge on any atom is -0.301 e. The zero-order chi connectivity index (χ0) is 27.0. The second-order valence-electron chi connectivity index (χ2n) is 12.3. The Morgan fingerprint density at radius 3 is 2.00 bits per heavy atom. The van der Waals surface area contributed by atoms with E-state index in [4.69, 9.17) is 4.55 Å². The first-order chi connectivity index (χ1) is 17.9. The van der Waals surface area contributed by atoms with E-state index in [-0.39, 0.29) is 35.0 Å². The molecule has 8 rings (SSSR count). The molecule has 2 aliphatic carbocycles. The van der Waals surface area contributed by atoms with Crippen molar-refractivity contribution in [1.29, 1.82) is 0 Å². The normalized spacial score (nSPS) is 33.0. The molecule has 5 fully saturated rings. The molecule has 0 aromatic heterocycles. The van der Waals surface area contributed by atoms with Gasteiger partial charge in [0.1, 0.15) is 5.78 Å². The number of hydrogen-bond donors (Lipinski definition) is 1. The van der Waals surface area contributed by atoms with Crippen LogP contribution in [0.15, 0.2) is 36.4 Å². The molecule has 0 spiro atoms. The zero-order valence-corrected chi connectivity index (χ0v) is 22.7. The van der Waals surface area contributed by atoms with Gasteiger partial charge in [-0.05, 0) is 73.5 Å². The predicted octanol–water partition coefficient (Wildman–Crippen LogP) is 3.80. The molecular formula is C29H34N2O6S. The monoisotopic (exact) mass is 538 g/mol. The number of fused-ring (bicyclic) bond motifs is 5. The molecular weight excluding hydrogens is 504 g/mol. The molecule has 4 bridgehead atoms. The van der Waals surface area contributed by atoms with Crippen LogP contribution in [0, 0.1) is 22.7 Å². The molecule has 4 heterocycles. The van der Waals surface area contributed by atoms with E-state index in [0.29, 0.717) is 29.9 Å². The summed E-state index contributed by atoms with van der Waals surface area (Å²) in [5.74, 6) is 0.129. The molecule has 2 aromatic rings. The van der Waals surface area contributed by atoms with Crippen LogP contribution in [0.5, 0.6) is 0 Å². The molecule has 6 aliphatic rings. The summed E-state index contributed by atoms with van der Waals surface area (Å²) in [6, 6.07) is 11.5. The van der Waals surface area contributed by atoms with Crippen molar-refractivity contribution in [2.45, 2.75) is 52.0 Å². The Balaban J connectivity index is 0.000000153. The van der Waals surface area contributed by atoms with Gasteiger partial charge >= 0.3 is 0 Å². The van der Waals surface area contributed by atoms with Crippen molar-refractivity contribution < 1.29 is 27.4 Å². The van der Waals surface area contributed by atoms with Gasteiger partial charge < -0.3 is 4.90 Å². The minimum atomic E-state index is -4.08. The highest BCUT2D eigenvalue weighted by Gasteiger charge is 2.65. The van der Waals surface area contributed by atoms with Gasteiger partial charge in [0, 0.05) is 29.5 Å². The first-order valence-corrected chi connectivity index (χ1v) is 15.1. The van der Waals surface area contributed by atoms with E-state index in [1.165, 1.54) is 0 Å². The lowest BCUT2D eigenvalue weighted by Gasteiger charge is -2.49. The zero-order valence-electron chi connectivity index (χ0n) is 21.9. The molecule has 2 saturated carbocycles. The van der Waals surface area contributed by atoms with Gasteiger partial charge in [-0.25, -0.2) is 0 Å². The van der Waals surface area contributed by atoms with Gasteiger partial charge in [-0.3, -0.25) is 23.8 Å². The van der Waals surface area contributed by atoms with Crippen molar-refractivity contribution in [3.63, 3.8) is 0 Å². The Morgan fingerprint density at radius 1 is 0.947 bits per heavy atom. The maximum atomic E-state index is 13.1. The maximum absolute atomic E-state index is 13.1. The lowest BCUT2D eigenvalue weighted by molar-refractivity contribution is -0.128. The SMILES string of the molecule is CC1(C)C2CCC1(CS(=O)(=O)O)C(=O)C2.O=C1c2cccc3cccc(c23)C(=O)N1[C@@H]1CN2CCC1CC2. The van der Waals surface area contributed by atoms with Crippen molar-refractivity contribution >= 4 is 38.5 Å². The van der Waals surface area contributed by atoms with Gasteiger partial charge in [0.15, 0.2) is 0 Å². The summed E-state index contributed by atoms with van der Waals surface area (Å²) in [6.07, 6.45) is 4.15. The van der Waals surface area contributed by atoms with Gasteiger partial charge in [-0.15, -0.1) is 0 Å². The molecule has 0 radical (unpaired) electrons. The molecule has 2 aromatic carbocycles. The number of hydrogen-bond acceptors (Lipinski definition) is 6. The fourth-order valence-electron chi connectivity index (χ4n) is 8.00. The number of benzene rings is 2. The lowest BCUT2D eigenvalue weighted by Crippen LogP contribution is -2.60. The fourth-order valence-corrected chi connectivity index (χ4v) is 9.30. The van der Waals surface area contributed by atoms with E-state index in [0.717, 1.165) is 49.7 Å². The Hall–Kier alpha value is -2.62. The van der Waals surface area contributed by atoms with Crippen LogP contribution in [0.3, 0.4) is 0 Å². The molecule has 1 N–H and O–H groups in total. The first kappa shape index (κ1) is 25.6. The second kappa shape index (κ2) is 8.69. The quantitative estimate of drug-likeness (QED) is 0.467. The molecule has 3 saturated heterocycles. The van der Waals surface area contributed by atoms with Crippen LogP contribution in [0.25, 0.3) is 10.8 Å². The van der Waals surface area contributed by atoms with Gasteiger partial charge in [-0.1, -0.05) is 38.1 Å². The summed E-state index contributed by atoms with van der Waals surface area (Å²) in [7, 11) is -4.08. The van der Waals surface area contributed by atoms with Gasteiger partial charge in [0.25, 0.3) is 21.9 Å². The molecule has 3 atom stereocenters. The summed E-state index contributed by atoms with van der Waals surface area (Å²) in [6.45, 7) is 6.93. The van der Waals surface area contributed by atoms with Gasteiger partial charge in [0.2, 0.25) is 0 Å². The number of carbonyl (C=O) groups excluding carboxylic acids is 3. The third-order valence-electron chi connectivity index (χ3n) is 10.3. The maximum Gasteiger partial charge on any atom is 0.265 e. The van der Waals surface area contributed by atoms with Crippen LogP contribution in [-0.4, -0.2) is 71.8 Å². The molecule has 8 nitrogen and oxygen atoms in total. The summed E-state index contributed by atoms with van der Waals surface area (Å²) < 4.78 is 31.0. The van der Waals surface area contributed by atoms with Gasteiger partial charge in [-0.2, -0.15) is 8.42 Å². The number of nitrogens with zero attached hydrogens (tertiary/aromatic N) is 2. The molecule has 202 valence electrons. The van der Waals surface area contributed by atoms with E-state index < -0.39 is 21.3 Å². The number of Topliss-reactive ketones (excluding diaryl/α,β-unsaturated/α-hetero) is 1. The highest BCUT2D eigenvalue weighted by molar-refractivity contribution is 7.85. The van der Waals surface area contributed by atoms with Crippen molar-refractivity contribution in [2.75, 3.05) is 25.4 Å². The van der Waals surface area contributed by atoms with Crippen LogP contribution in [0.4, 0.5) is 0 Å². The average molecular weight is 539 g/mol. The largest absolute Gasteiger partial charge is 0.301 e. The highest BCUT2D eigenvalue weighted by atomic mass is 32.2. The molecule has 4 aliphatic heterocycles. The third kappa shape index (κ3) is 3.77. The van der Waals surface area contributed by atoms with E-state index in [1.807, 2.05) is 50.2 Å². The first-order valence-electron chi connectivity index (χ1n) is 13.5. The Morgan fingerprint density at radius 2 is 1.55 bits per heavy atom. The minimum absolute atomic E-state index is 0.0152. The van der Waals surface area contributed by atoms with Crippen molar-refractivity contribution in [3.8, 4) is 0 Å². The number of carbonyl (C=O) groups is 3. The van der Waals surface area contributed by atoms with Crippen LogP contribution >= 0.6 is 0 Å². The lowest BCUT2D eigenvalue weighted by atomic mass is 9.70. The van der Waals surface area contributed by atoms with Gasteiger partial charge in [0.05, 0.1) is 17.2 Å². The Labute approximate surface area is 223 Å². The van der Waals surface area contributed by atoms with Crippen molar-refractivity contribution in [2.24, 2.45) is 22.7 Å². The molecule has 38 heavy (non-hydrogen) atoms. The number of rotatable bonds is 3. The smallest absolute Gasteiger partial charge is 0.265 e. The van der Waals surface area contributed by atoms with E-state index in [2.05, 4.69) is 4.90 Å². The van der Waals surface area contributed by atoms with Crippen LogP contribution in [0.2, 0.25) is 0 Å². The average Bonchev–Trinajstić information content (AvgIpc) is 3.22. The number of piperidine rings is 3. The number of amides is 2. The predicted molar refractivity (Wildman–Crippen MR) is 142 cm³/mol. The van der Waals surface area contributed by atoms with Crippen LogP contribution < -0.4 is 0 Å². The molecule has 9 heteroatoms. The van der Waals surface area contributed by atoms with E-state index in [1.54, 1.807) is 4.90 Å². The Bertz CT molecular complexity index is 1410. The molecule has 2 unspecified atom stereocenters. The third-order valence-corrected chi connectivity index (χ3v) is 11.2. The second-order valence-corrected chi connectivity index (χ2v) is 13.7. The summed E-state index contributed by atoms with van der Waals surface area (Å²) in [5.41, 5.74) is 0.230. The van der Waals surface area contributed by atoms with E-state index in [9.17, 15) is 22.8 Å². The summed E-state index contributed by atoms with van der Waals surface area (Å²) in [4.78, 5) is 42.0. The Kier molecular flexibility index (Phi) is 5.87. The highest BCUT2D eigenvalue weighted by Crippen LogP contribution is 2.64. The fraction of sp³-hybridized carbons (Fsp3) is 0.552. The summed E-state index contributed by atoms with van der Waals surface area (Å²) >= 11 is 0. The van der Waals surface area contributed by atoms with Crippen LogP contribution in [-0.2, 0) is 14.9 Å². The van der Waals surface area contributed by atoms with Crippen molar-refractivity contribution in [3.05, 3.63) is 47.5 Å². The number of imide groups is 1. The van der Waals surface area contributed by atoms with Crippen LogP contribution in [0.1, 0.15) is 66.7 Å². The number of ketones is 1. The molecule has 2 amide bonds. The van der Waals surface area contributed by atoms with E-state index >= 15 is 0 Å².